The van der Waals surface area contributed by atoms with Crippen molar-refractivity contribution >= 4 is 5.97 Å². The number of carbonyl (C=O) groups is 1. The molecular formula is C14H22N2O2. The Kier molecular flexibility index (Phi) is 7.67. The van der Waals surface area contributed by atoms with Crippen LogP contribution in [0.15, 0.2) is 42.5 Å². The van der Waals surface area contributed by atoms with E-state index in [0.29, 0.717) is 18.6 Å². The van der Waals surface area contributed by atoms with E-state index in [1.807, 2.05) is 49.3 Å². The van der Waals surface area contributed by atoms with Crippen molar-refractivity contribution in [1.29, 1.82) is 0 Å². The Morgan fingerprint density at radius 2 is 1.89 bits per heavy atom. The van der Waals surface area contributed by atoms with Gasteiger partial charge in [-0.15, -0.1) is 0 Å². The van der Waals surface area contributed by atoms with Gasteiger partial charge in [-0.3, -0.25) is 0 Å². The number of carbonyl (C=O) groups excluding carboxylic acids is 1. The molecule has 1 aromatic rings. The zero-order valence-electron chi connectivity index (χ0n) is 11.2. The summed E-state index contributed by atoms with van der Waals surface area (Å²) in [6, 6.07) is 9.63. The summed E-state index contributed by atoms with van der Waals surface area (Å²) in [5, 5.41) is 0. The van der Waals surface area contributed by atoms with Gasteiger partial charge in [0.25, 0.3) is 0 Å². The summed E-state index contributed by atoms with van der Waals surface area (Å²) >= 11 is 0. The Hall–Kier alpha value is -1.65. The van der Waals surface area contributed by atoms with Crippen LogP contribution >= 0.6 is 0 Å². The van der Waals surface area contributed by atoms with E-state index in [2.05, 4.69) is 6.58 Å². The van der Waals surface area contributed by atoms with Crippen molar-refractivity contribution in [2.75, 3.05) is 20.6 Å². The molecule has 1 rings (SSSR count). The molecule has 0 radical (unpaired) electrons. The van der Waals surface area contributed by atoms with Crippen molar-refractivity contribution in [3.8, 4) is 0 Å². The molecule has 0 heterocycles. The number of esters is 1. The lowest BCUT2D eigenvalue weighted by atomic mass is 10.2. The maximum Gasteiger partial charge on any atom is 0.333 e. The molecule has 0 unspecified atom stereocenters. The first-order chi connectivity index (χ1) is 8.09. The van der Waals surface area contributed by atoms with E-state index in [1.165, 1.54) is 0 Å². The maximum absolute atomic E-state index is 11.6. The largest absolute Gasteiger partial charge is 0.457 e. The van der Waals surface area contributed by atoms with Gasteiger partial charge in [-0.05, 0) is 26.1 Å². The van der Waals surface area contributed by atoms with E-state index in [0.717, 1.165) is 12.1 Å². The summed E-state index contributed by atoms with van der Waals surface area (Å²) in [5.74, 6) is -0.310. The topological polar surface area (TPSA) is 64.5 Å². The van der Waals surface area contributed by atoms with Crippen LogP contribution in [0.25, 0.3) is 0 Å². The standard InChI is InChI=1S/C14H19NO2.H3N/c1-12(9-10-15(2)3)14(16)17-11-13-7-5-4-6-8-13;/h4-8H,1,9-11H2,2-3H3;1H3. The zero-order valence-corrected chi connectivity index (χ0v) is 11.2. The van der Waals surface area contributed by atoms with Gasteiger partial charge in [0.05, 0.1) is 0 Å². The van der Waals surface area contributed by atoms with Crippen LogP contribution in [-0.4, -0.2) is 31.5 Å². The molecule has 0 aliphatic rings. The van der Waals surface area contributed by atoms with E-state index in [1.54, 1.807) is 0 Å². The summed E-state index contributed by atoms with van der Waals surface area (Å²) in [4.78, 5) is 13.6. The lowest BCUT2D eigenvalue weighted by Gasteiger charge is -2.10. The minimum absolute atomic E-state index is 0. The smallest absolute Gasteiger partial charge is 0.333 e. The minimum Gasteiger partial charge on any atom is -0.457 e. The third kappa shape index (κ3) is 6.18. The highest BCUT2D eigenvalue weighted by molar-refractivity contribution is 5.87. The first kappa shape index (κ1) is 16.4. The van der Waals surface area contributed by atoms with Crippen molar-refractivity contribution in [2.24, 2.45) is 0 Å². The minimum atomic E-state index is -0.310. The molecule has 18 heavy (non-hydrogen) atoms. The average Bonchev–Trinajstić information content (AvgIpc) is 2.34. The molecule has 0 aliphatic carbocycles. The van der Waals surface area contributed by atoms with Crippen molar-refractivity contribution in [1.82, 2.24) is 11.1 Å². The van der Waals surface area contributed by atoms with Crippen molar-refractivity contribution in [3.63, 3.8) is 0 Å². The normalized spacial score (nSPS) is 9.72. The van der Waals surface area contributed by atoms with Gasteiger partial charge < -0.3 is 15.8 Å². The molecule has 0 spiro atoms. The molecule has 1 aromatic carbocycles. The highest BCUT2D eigenvalue weighted by atomic mass is 16.5. The van der Waals surface area contributed by atoms with Crippen LogP contribution in [0.4, 0.5) is 0 Å². The maximum atomic E-state index is 11.6. The number of rotatable bonds is 6. The molecule has 0 fully saturated rings. The molecule has 4 heteroatoms. The van der Waals surface area contributed by atoms with Crippen LogP contribution in [0.5, 0.6) is 0 Å². The number of hydrogen-bond donors (Lipinski definition) is 1. The van der Waals surface area contributed by atoms with Gasteiger partial charge in [-0.2, -0.15) is 0 Å². The molecule has 0 saturated carbocycles. The summed E-state index contributed by atoms with van der Waals surface area (Å²) in [7, 11) is 3.92. The Balaban J connectivity index is 0.00000289. The van der Waals surface area contributed by atoms with Crippen LogP contribution in [0, 0.1) is 0 Å². The number of nitrogens with zero attached hydrogens (tertiary/aromatic N) is 1. The van der Waals surface area contributed by atoms with Gasteiger partial charge in [-0.25, -0.2) is 4.79 Å². The SMILES string of the molecule is C=C(CCN(C)C)C(=O)OCc1ccccc1.N. The van der Waals surface area contributed by atoms with Crippen LogP contribution < -0.4 is 6.15 Å². The highest BCUT2D eigenvalue weighted by Crippen LogP contribution is 2.06. The lowest BCUT2D eigenvalue weighted by molar-refractivity contribution is -0.140. The van der Waals surface area contributed by atoms with Gasteiger partial charge in [0.2, 0.25) is 0 Å². The second-order valence-electron chi connectivity index (χ2n) is 4.22. The molecule has 0 saturated heterocycles. The fourth-order valence-electron chi connectivity index (χ4n) is 1.29. The van der Waals surface area contributed by atoms with Crippen LogP contribution in [-0.2, 0) is 16.1 Å². The molecule has 100 valence electrons. The van der Waals surface area contributed by atoms with Crippen LogP contribution in [0.1, 0.15) is 12.0 Å². The summed E-state index contributed by atoms with van der Waals surface area (Å²) < 4.78 is 5.17. The summed E-state index contributed by atoms with van der Waals surface area (Å²) in [6.45, 7) is 4.85. The average molecular weight is 250 g/mol. The van der Waals surface area contributed by atoms with Crippen molar-refractivity contribution < 1.29 is 9.53 Å². The fourth-order valence-corrected chi connectivity index (χ4v) is 1.29. The summed E-state index contributed by atoms with van der Waals surface area (Å²) in [6.07, 6.45) is 0.640. The summed E-state index contributed by atoms with van der Waals surface area (Å²) in [5.41, 5.74) is 1.51. The van der Waals surface area contributed by atoms with Gasteiger partial charge in [0, 0.05) is 12.1 Å². The van der Waals surface area contributed by atoms with Gasteiger partial charge >= 0.3 is 5.97 Å². The van der Waals surface area contributed by atoms with E-state index in [9.17, 15) is 4.79 Å². The molecular weight excluding hydrogens is 228 g/mol. The second-order valence-corrected chi connectivity index (χ2v) is 4.22. The number of hydrogen-bond acceptors (Lipinski definition) is 4. The monoisotopic (exact) mass is 250 g/mol. The molecule has 0 aromatic heterocycles. The number of benzene rings is 1. The fraction of sp³-hybridized carbons (Fsp3) is 0.357. The Morgan fingerprint density at radius 1 is 1.28 bits per heavy atom. The van der Waals surface area contributed by atoms with E-state index in [-0.39, 0.29) is 12.1 Å². The van der Waals surface area contributed by atoms with Gasteiger partial charge in [-0.1, -0.05) is 36.9 Å². The Bertz CT molecular complexity index is 375. The third-order valence-electron chi connectivity index (χ3n) is 2.36. The van der Waals surface area contributed by atoms with Gasteiger partial charge in [0.15, 0.2) is 0 Å². The molecule has 0 atom stereocenters. The molecule has 0 aliphatic heterocycles. The van der Waals surface area contributed by atoms with Crippen molar-refractivity contribution in [2.45, 2.75) is 13.0 Å². The molecule has 0 bridgehead atoms. The molecule has 0 amide bonds. The van der Waals surface area contributed by atoms with E-state index >= 15 is 0 Å². The quantitative estimate of drug-likeness (QED) is 0.622. The van der Waals surface area contributed by atoms with Crippen LogP contribution in [0.3, 0.4) is 0 Å². The lowest BCUT2D eigenvalue weighted by Crippen LogP contribution is -2.16. The number of ether oxygens (including phenoxy) is 1. The van der Waals surface area contributed by atoms with E-state index < -0.39 is 0 Å². The van der Waals surface area contributed by atoms with E-state index in [4.69, 9.17) is 4.74 Å². The third-order valence-corrected chi connectivity index (χ3v) is 2.36. The van der Waals surface area contributed by atoms with Crippen molar-refractivity contribution in [3.05, 3.63) is 48.0 Å². The first-order valence-electron chi connectivity index (χ1n) is 5.63. The predicted octanol–water partition coefficient (Wildman–Crippen LogP) is 2.40. The first-order valence-corrected chi connectivity index (χ1v) is 5.63. The van der Waals surface area contributed by atoms with Crippen LogP contribution in [0.2, 0.25) is 0 Å². The predicted molar refractivity (Wildman–Crippen MR) is 73.6 cm³/mol. The second kappa shape index (κ2) is 8.44. The molecule has 4 nitrogen and oxygen atoms in total. The Morgan fingerprint density at radius 3 is 2.44 bits per heavy atom. The highest BCUT2D eigenvalue weighted by Gasteiger charge is 2.08. The zero-order chi connectivity index (χ0) is 12.7. The Labute approximate surface area is 109 Å². The van der Waals surface area contributed by atoms with Gasteiger partial charge in [0.1, 0.15) is 6.61 Å². The molecule has 3 N–H and O–H groups in total.